The van der Waals surface area contributed by atoms with Gasteiger partial charge in [0.15, 0.2) is 0 Å². The molecule has 2 unspecified atom stereocenters. The molecule has 7 heteroatoms. The number of nitrogens with one attached hydrogen (secondary N) is 1. The Morgan fingerprint density at radius 2 is 1.83 bits per heavy atom. The second-order valence-corrected chi connectivity index (χ2v) is 13.4. The van der Waals surface area contributed by atoms with E-state index in [4.69, 9.17) is 14.7 Å². The highest BCUT2D eigenvalue weighted by molar-refractivity contribution is 6.01. The summed E-state index contributed by atoms with van der Waals surface area (Å²) < 4.78 is 6.59. The average molecular weight is 564 g/mol. The molecule has 1 aliphatic carbocycles. The molecule has 3 saturated heterocycles. The average Bonchev–Trinajstić information content (AvgIpc) is 3.69. The molecule has 218 valence electrons. The molecule has 0 radical (unpaired) electrons. The van der Waals surface area contributed by atoms with Gasteiger partial charge in [0.1, 0.15) is 11.3 Å². The summed E-state index contributed by atoms with van der Waals surface area (Å²) in [6.45, 7) is 8.39. The number of pyridine rings is 2. The Morgan fingerprint density at radius 3 is 2.62 bits per heavy atom. The first-order valence-electron chi connectivity index (χ1n) is 15.9. The lowest BCUT2D eigenvalue weighted by molar-refractivity contribution is 0.141. The van der Waals surface area contributed by atoms with Crippen molar-refractivity contribution in [1.29, 1.82) is 0 Å². The summed E-state index contributed by atoms with van der Waals surface area (Å²) in [4.78, 5) is 15.3. The van der Waals surface area contributed by atoms with Crippen LogP contribution in [0, 0.1) is 12.3 Å². The molecule has 3 aliphatic heterocycles. The Bertz CT molecular complexity index is 1630. The highest BCUT2D eigenvalue weighted by Crippen LogP contribution is 2.47. The third-order valence-electron chi connectivity index (χ3n) is 10.1. The largest absolute Gasteiger partial charge is 0.508 e. The highest BCUT2D eigenvalue weighted by Gasteiger charge is 2.45. The molecule has 2 atom stereocenters. The molecule has 0 spiro atoms. The summed E-state index contributed by atoms with van der Waals surface area (Å²) in [5, 5.41) is 16.5. The number of rotatable bonds is 7. The maximum atomic E-state index is 10.6. The Balaban J connectivity index is 1.17. The molecule has 0 amide bonds. The molecule has 4 fully saturated rings. The standard InChI is InChI=1S/C35H41N5O2/c1-23-6-5-7-24-14-28(41)16-29(33(23)24)25-15-30-34(36-18-25)31(40-19-26-8-9-27(20-40)37-26)17-32(38-30)42-22-35(10-11-35)21-39-12-3-2-4-13-39/h5-7,14-18,26-27,37,41H,2-4,8-13,19-22H2,1H3. The van der Waals surface area contributed by atoms with Crippen molar-refractivity contribution in [1.82, 2.24) is 20.2 Å². The Kier molecular flexibility index (Phi) is 6.49. The van der Waals surface area contributed by atoms with E-state index in [1.54, 1.807) is 0 Å². The van der Waals surface area contributed by atoms with Crippen LogP contribution in [0.4, 0.5) is 5.69 Å². The number of nitrogens with zero attached hydrogens (tertiary/aromatic N) is 4. The van der Waals surface area contributed by atoms with Crippen LogP contribution >= 0.6 is 0 Å². The van der Waals surface area contributed by atoms with Gasteiger partial charge in [-0.2, -0.15) is 0 Å². The number of aromatic nitrogens is 2. The fourth-order valence-corrected chi connectivity index (χ4v) is 7.70. The fourth-order valence-electron chi connectivity index (χ4n) is 7.70. The van der Waals surface area contributed by atoms with Crippen LogP contribution in [-0.4, -0.2) is 71.4 Å². The normalized spacial score (nSPS) is 23.5. The van der Waals surface area contributed by atoms with Crippen molar-refractivity contribution in [3.63, 3.8) is 0 Å². The number of likely N-dealkylation sites (tertiary alicyclic amines) is 1. The zero-order chi connectivity index (χ0) is 28.3. The molecule has 5 heterocycles. The molecular weight excluding hydrogens is 522 g/mol. The zero-order valence-electron chi connectivity index (χ0n) is 24.6. The number of aryl methyl sites for hydroxylation is 1. The summed E-state index contributed by atoms with van der Waals surface area (Å²) in [5.74, 6) is 0.956. The van der Waals surface area contributed by atoms with Crippen molar-refractivity contribution in [2.24, 2.45) is 5.41 Å². The van der Waals surface area contributed by atoms with E-state index in [2.05, 4.69) is 46.3 Å². The highest BCUT2D eigenvalue weighted by atomic mass is 16.5. The van der Waals surface area contributed by atoms with E-state index < -0.39 is 0 Å². The van der Waals surface area contributed by atoms with Gasteiger partial charge in [-0.1, -0.05) is 24.6 Å². The van der Waals surface area contributed by atoms with E-state index >= 15 is 0 Å². The Labute approximate surface area is 247 Å². The van der Waals surface area contributed by atoms with Gasteiger partial charge < -0.3 is 25.0 Å². The number of fused-ring (bicyclic) bond motifs is 4. The Hall–Kier alpha value is -3.42. The number of ether oxygens (including phenoxy) is 1. The minimum Gasteiger partial charge on any atom is -0.508 e. The minimum atomic E-state index is 0.258. The maximum Gasteiger partial charge on any atom is 0.216 e. The van der Waals surface area contributed by atoms with Crippen molar-refractivity contribution >= 4 is 27.5 Å². The Morgan fingerprint density at radius 1 is 1.02 bits per heavy atom. The third kappa shape index (κ3) is 4.96. The SMILES string of the molecule is Cc1cccc2cc(O)cc(-c3cnc4c(N5CC6CCC(C5)N6)cc(OCC5(CN6CCCCC6)CC5)nc4c3)c12. The van der Waals surface area contributed by atoms with Gasteiger partial charge >= 0.3 is 0 Å². The van der Waals surface area contributed by atoms with Gasteiger partial charge in [0.25, 0.3) is 0 Å². The van der Waals surface area contributed by atoms with E-state index in [1.165, 1.54) is 63.6 Å². The van der Waals surface area contributed by atoms with E-state index in [1.807, 2.05) is 24.4 Å². The van der Waals surface area contributed by atoms with Crippen molar-refractivity contribution in [2.75, 3.05) is 44.2 Å². The lowest BCUT2D eigenvalue weighted by Crippen LogP contribution is -2.51. The van der Waals surface area contributed by atoms with Gasteiger partial charge in [0.05, 0.1) is 17.8 Å². The lowest BCUT2D eigenvalue weighted by Gasteiger charge is -2.35. The van der Waals surface area contributed by atoms with Gasteiger partial charge in [-0.15, -0.1) is 0 Å². The molecule has 42 heavy (non-hydrogen) atoms. The first-order chi connectivity index (χ1) is 20.5. The van der Waals surface area contributed by atoms with E-state index in [0.29, 0.717) is 18.0 Å². The number of piperazine rings is 1. The fraction of sp³-hybridized carbons (Fsp3) is 0.486. The first kappa shape index (κ1) is 26.2. The molecule has 4 aromatic rings. The van der Waals surface area contributed by atoms with Crippen molar-refractivity contribution in [2.45, 2.75) is 64.0 Å². The molecule has 2 aromatic heterocycles. The number of anilines is 1. The monoisotopic (exact) mass is 563 g/mol. The number of phenols is 1. The molecule has 1 saturated carbocycles. The molecule has 8 rings (SSSR count). The number of hydrogen-bond acceptors (Lipinski definition) is 7. The number of piperidine rings is 1. The third-order valence-corrected chi connectivity index (χ3v) is 10.1. The molecular formula is C35H41N5O2. The lowest BCUT2D eigenvalue weighted by atomic mass is 9.95. The van der Waals surface area contributed by atoms with Gasteiger partial charge in [-0.25, -0.2) is 4.98 Å². The number of aromatic hydroxyl groups is 1. The zero-order valence-corrected chi connectivity index (χ0v) is 24.6. The van der Waals surface area contributed by atoms with Crippen LogP contribution < -0.4 is 15.0 Å². The van der Waals surface area contributed by atoms with Crippen LogP contribution in [0.2, 0.25) is 0 Å². The smallest absolute Gasteiger partial charge is 0.216 e. The molecule has 7 nitrogen and oxygen atoms in total. The summed E-state index contributed by atoms with van der Waals surface area (Å²) in [6.07, 6.45) is 10.9. The second-order valence-electron chi connectivity index (χ2n) is 13.4. The van der Waals surface area contributed by atoms with Gasteiger partial charge in [0, 0.05) is 55.0 Å². The van der Waals surface area contributed by atoms with E-state index in [0.717, 1.165) is 64.9 Å². The van der Waals surface area contributed by atoms with Gasteiger partial charge in [0.2, 0.25) is 5.88 Å². The van der Waals surface area contributed by atoms with Crippen LogP contribution in [0.15, 0.2) is 48.7 Å². The van der Waals surface area contributed by atoms with E-state index in [9.17, 15) is 5.11 Å². The van der Waals surface area contributed by atoms with Gasteiger partial charge in [-0.05, 0) is 98.6 Å². The number of benzene rings is 2. The quantitative estimate of drug-likeness (QED) is 0.284. The van der Waals surface area contributed by atoms with Crippen molar-refractivity contribution in [3.8, 4) is 22.8 Å². The number of hydrogen-bond donors (Lipinski definition) is 2. The predicted octanol–water partition coefficient (Wildman–Crippen LogP) is 6.05. The first-order valence-corrected chi connectivity index (χ1v) is 15.9. The van der Waals surface area contributed by atoms with Crippen LogP contribution in [0.3, 0.4) is 0 Å². The molecule has 4 aliphatic rings. The van der Waals surface area contributed by atoms with Crippen LogP contribution in [0.1, 0.15) is 50.5 Å². The van der Waals surface area contributed by atoms with Crippen molar-refractivity contribution in [3.05, 3.63) is 54.2 Å². The van der Waals surface area contributed by atoms with Crippen LogP contribution in [-0.2, 0) is 0 Å². The molecule has 2 bridgehead atoms. The summed E-state index contributed by atoms with van der Waals surface area (Å²) in [5.41, 5.74) is 6.26. The number of phenolic OH excluding ortho intramolecular Hbond substituents is 1. The maximum absolute atomic E-state index is 10.6. The van der Waals surface area contributed by atoms with Crippen LogP contribution in [0.5, 0.6) is 11.6 Å². The van der Waals surface area contributed by atoms with Gasteiger partial charge in [-0.3, -0.25) is 4.98 Å². The predicted molar refractivity (Wildman–Crippen MR) is 168 cm³/mol. The topological polar surface area (TPSA) is 73.8 Å². The summed E-state index contributed by atoms with van der Waals surface area (Å²) in [6, 6.07) is 15.2. The van der Waals surface area contributed by atoms with Crippen LogP contribution in [0.25, 0.3) is 32.9 Å². The molecule has 2 N–H and O–H groups in total. The van der Waals surface area contributed by atoms with Crippen molar-refractivity contribution < 1.29 is 9.84 Å². The minimum absolute atomic E-state index is 0.258. The second kappa shape index (κ2) is 10.4. The summed E-state index contributed by atoms with van der Waals surface area (Å²) >= 11 is 0. The van der Waals surface area contributed by atoms with E-state index in [-0.39, 0.29) is 11.2 Å². The summed E-state index contributed by atoms with van der Waals surface area (Å²) in [7, 11) is 0. The molecule has 2 aromatic carbocycles.